The molecule has 1 aliphatic rings. The van der Waals surface area contributed by atoms with Crippen LogP contribution in [-0.4, -0.2) is 15.2 Å². The number of alkyl halides is 2. The minimum atomic E-state index is -0.901. The fraction of sp³-hybridized carbons (Fsp3) is 0.231. The minimum Gasteiger partial charge on any atom is -0.324 e. The first-order chi connectivity index (χ1) is 8.58. The van der Waals surface area contributed by atoms with Gasteiger partial charge < -0.3 is 5.32 Å². The average molecular weight is 281 g/mol. The van der Waals surface area contributed by atoms with E-state index >= 15 is 0 Å². The third kappa shape index (κ3) is 2.04. The Labute approximate surface area is 114 Å². The second-order valence-corrected chi connectivity index (χ2v) is 5.93. The molecule has 0 saturated heterocycles. The Hall–Kier alpha value is -1.32. The lowest BCUT2D eigenvalue weighted by Crippen LogP contribution is -2.17. The van der Waals surface area contributed by atoms with Crippen LogP contribution in [-0.2, 0) is 4.79 Å². The first kappa shape index (κ1) is 11.8. The van der Waals surface area contributed by atoms with Crippen molar-refractivity contribution in [3.8, 4) is 0 Å². The van der Waals surface area contributed by atoms with Crippen molar-refractivity contribution in [3.63, 3.8) is 0 Å². The third-order valence-corrected chi connectivity index (χ3v) is 3.87. The van der Waals surface area contributed by atoms with E-state index in [1.54, 1.807) is 6.20 Å². The zero-order valence-electron chi connectivity index (χ0n) is 9.36. The summed E-state index contributed by atoms with van der Waals surface area (Å²) in [6.07, 6.45) is 2.20. The number of nitrogens with zero attached hydrogens (tertiary/aromatic N) is 1. The van der Waals surface area contributed by atoms with Crippen LogP contribution in [0.1, 0.15) is 6.42 Å². The summed E-state index contributed by atoms with van der Waals surface area (Å²) < 4.78 is -0.901. The summed E-state index contributed by atoms with van der Waals surface area (Å²) in [5.41, 5.74) is 1.46. The summed E-state index contributed by atoms with van der Waals surface area (Å²) in [5.74, 6) is -0.488. The Bertz CT molecular complexity index is 622. The summed E-state index contributed by atoms with van der Waals surface area (Å²) in [5, 5.41) is 3.81. The maximum absolute atomic E-state index is 11.9. The van der Waals surface area contributed by atoms with Crippen molar-refractivity contribution in [3.05, 3.63) is 36.5 Å². The Morgan fingerprint density at radius 1 is 1.33 bits per heavy atom. The highest BCUT2D eigenvalue weighted by molar-refractivity contribution is 6.52. The van der Waals surface area contributed by atoms with Crippen LogP contribution in [0.4, 0.5) is 5.69 Å². The molecule has 0 spiro atoms. The molecule has 1 N–H and O–H groups in total. The first-order valence-electron chi connectivity index (χ1n) is 5.60. The zero-order chi connectivity index (χ0) is 12.8. The number of amides is 1. The molecule has 1 aromatic carbocycles. The van der Waals surface area contributed by atoms with Crippen LogP contribution in [0.3, 0.4) is 0 Å². The van der Waals surface area contributed by atoms with Crippen LogP contribution in [0.5, 0.6) is 0 Å². The molecule has 1 heterocycles. The number of nitrogens with one attached hydrogen (secondary N) is 1. The number of anilines is 1. The van der Waals surface area contributed by atoms with Gasteiger partial charge in [0, 0.05) is 11.6 Å². The molecule has 92 valence electrons. The van der Waals surface area contributed by atoms with Crippen molar-refractivity contribution in [2.75, 3.05) is 5.32 Å². The number of para-hydroxylation sites is 1. The molecule has 1 atom stereocenters. The molecule has 18 heavy (non-hydrogen) atoms. The van der Waals surface area contributed by atoms with E-state index < -0.39 is 4.33 Å². The van der Waals surface area contributed by atoms with Crippen LogP contribution in [0.15, 0.2) is 36.5 Å². The van der Waals surface area contributed by atoms with Gasteiger partial charge in [0.1, 0.15) is 4.33 Å². The van der Waals surface area contributed by atoms with Crippen LogP contribution in [0.2, 0.25) is 0 Å². The van der Waals surface area contributed by atoms with Gasteiger partial charge in [-0.2, -0.15) is 0 Å². The van der Waals surface area contributed by atoms with Crippen molar-refractivity contribution >= 4 is 45.7 Å². The molecule has 0 unspecified atom stereocenters. The van der Waals surface area contributed by atoms with E-state index in [1.165, 1.54) is 0 Å². The van der Waals surface area contributed by atoms with E-state index in [9.17, 15) is 4.79 Å². The lowest BCUT2D eigenvalue weighted by Gasteiger charge is -2.07. The lowest BCUT2D eigenvalue weighted by molar-refractivity contribution is -0.117. The Morgan fingerprint density at radius 3 is 2.78 bits per heavy atom. The normalized spacial score (nSPS) is 20.7. The molecule has 3 nitrogen and oxygen atoms in total. The smallest absolute Gasteiger partial charge is 0.230 e. The summed E-state index contributed by atoms with van der Waals surface area (Å²) >= 11 is 11.8. The molecule has 1 saturated carbocycles. The number of hydrogen-bond acceptors (Lipinski definition) is 2. The number of halogens is 2. The Balaban J connectivity index is 1.89. The molecule has 0 bridgehead atoms. The lowest BCUT2D eigenvalue weighted by atomic mass is 10.2. The predicted molar refractivity (Wildman–Crippen MR) is 72.9 cm³/mol. The second-order valence-electron chi connectivity index (χ2n) is 4.39. The van der Waals surface area contributed by atoms with Crippen molar-refractivity contribution in [2.45, 2.75) is 10.8 Å². The Morgan fingerprint density at radius 2 is 2.06 bits per heavy atom. The fourth-order valence-electron chi connectivity index (χ4n) is 1.92. The number of pyridine rings is 1. The van der Waals surface area contributed by atoms with E-state index in [2.05, 4.69) is 10.3 Å². The standard InChI is InChI=1S/C13H10Cl2N2O/c14-13(15)7-9(13)12(18)17-10-5-1-3-8-4-2-6-16-11(8)10/h1-6,9H,7H2,(H,17,18)/t9-/m0/s1. The number of rotatable bonds is 2. The van der Waals surface area contributed by atoms with Crippen LogP contribution in [0, 0.1) is 5.92 Å². The van der Waals surface area contributed by atoms with Gasteiger partial charge in [-0.3, -0.25) is 9.78 Å². The Kier molecular flexibility index (Phi) is 2.68. The number of benzene rings is 1. The van der Waals surface area contributed by atoms with Crippen LogP contribution in [0.25, 0.3) is 10.9 Å². The van der Waals surface area contributed by atoms with E-state index in [0.29, 0.717) is 12.1 Å². The quantitative estimate of drug-likeness (QED) is 0.857. The molecule has 5 heteroatoms. The average Bonchev–Trinajstić information content (AvgIpc) is 2.99. The van der Waals surface area contributed by atoms with Gasteiger partial charge >= 0.3 is 0 Å². The highest BCUT2D eigenvalue weighted by atomic mass is 35.5. The molecule has 2 aromatic rings. The number of fused-ring (bicyclic) bond motifs is 1. The van der Waals surface area contributed by atoms with Crippen molar-refractivity contribution in [1.82, 2.24) is 4.98 Å². The number of carbonyl (C=O) groups is 1. The molecule has 0 radical (unpaired) electrons. The van der Waals surface area contributed by atoms with Crippen molar-refractivity contribution in [2.24, 2.45) is 5.92 Å². The summed E-state index contributed by atoms with van der Waals surface area (Å²) in [4.78, 5) is 16.2. The van der Waals surface area contributed by atoms with E-state index in [-0.39, 0.29) is 11.8 Å². The maximum Gasteiger partial charge on any atom is 0.230 e. The predicted octanol–water partition coefficient (Wildman–Crippen LogP) is 3.37. The number of carbonyl (C=O) groups excluding carboxylic acids is 1. The van der Waals surface area contributed by atoms with Gasteiger partial charge in [0.25, 0.3) is 0 Å². The van der Waals surface area contributed by atoms with Crippen LogP contribution >= 0.6 is 23.2 Å². The van der Waals surface area contributed by atoms with Crippen molar-refractivity contribution < 1.29 is 4.79 Å². The molecule has 1 aromatic heterocycles. The monoisotopic (exact) mass is 280 g/mol. The maximum atomic E-state index is 11.9. The molecule has 1 fully saturated rings. The summed E-state index contributed by atoms with van der Waals surface area (Å²) in [6, 6.07) is 9.45. The third-order valence-electron chi connectivity index (χ3n) is 3.03. The highest BCUT2D eigenvalue weighted by Gasteiger charge is 2.56. The molecular formula is C13H10Cl2N2O. The topological polar surface area (TPSA) is 42.0 Å². The van der Waals surface area contributed by atoms with Crippen molar-refractivity contribution in [1.29, 1.82) is 0 Å². The highest BCUT2D eigenvalue weighted by Crippen LogP contribution is 2.53. The molecule has 0 aliphatic heterocycles. The molecule has 1 amide bonds. The molecular weight excluding hydrogens is 271 g/mol. The number of aromatic nitrogens is 1. The van der Waals surface area contributed by atoms with E-state index in [4.69, 9.17) is 23.2 Å². The second kappa shape index (κ2) is 4.11. The number of hydrogen-bond donors (Lipinski definition) is 1. The van der Waals surface area contributed by atoms with E-state index in [1.807, 2.05) is 30.3 Å². The van der Waals surface area contributed by atoms with Gasteiger partial charge in [-0.15, -0.1) is 23.2 Å². The first-order valence-corrected chi connectivity index (χ1v) is 6.36. The van der Waals surface area contributed by atoms with E-state index in [0.717, 1.165) is 10.9 Å². The minimum absolute atomic E-state index is 0.154. The molecule has 3 rings (SSSR count). The summed E-state index contributed by atoms with van der Waals surface area (Å²) in [6.45, 7) is 0. The van der Waals surface area contributed by atoms with Gasteiger partial charge in [0.2, 0.25) is 5.91 Å². The fourth-order valence-corrected chi connectivity index (χ4v) is 2.43. The SMILES string of the molecule is O=C(Nc1cccc2cccnc12)[C@@H]1CC1(Cl)Cl. The molecule has 1 aliphatic carbocycles. The van der Waals surface area contributed by atoms with Crippen LogP contribution < -0.4 is 5.32 Å². The largest absolute Gasteiger partial charge is 0.324 e. The van der Waals surface area contributed by atoms with Gasteiger partial charge in [0.15, 0.2) is 0 Å². The van der Waals surface area contributed by atoms with Gasteiger partial charge in [-0.05, 0) is 18.6 Å². The van der Waals surface area contributed by atoms with Gasteiger partial charge in [-0.25, -0.2) is 0 Å². The summed E-state index contributed by atoms with van der Waals surface area (Å²) in [7, 11) is 0. The van der Waals surface area contributed by atoms with Gasteiger partial charge in [-0.1, -0.05) is 18.2 Å². The van der Waals surface area contributed by atoms with Gasteiger partial charge in [0.05, 0.1) is 17.1 Å². The zero-order valence-corrected chi connectivity index (χ0v) is 10.9.